The van der Waals surface area contributed by atoms with Crippen LogP contribution in [0.5, 0.6) is 5.75 Å². The molecule has 0 saturated heterocycles. The fraction of sp³-hybridized carbons (Fsp3) is 0.462. The minimum atomic E-state index is -0.856. The molecule has 1 rings (SSSR count). The van der Waals surface area contributed by atoms with Crippen molar-refractivity contribution in [1.29, 1.82) is 0 Å². The van der Waals surface area contributed by atoms with Gasteiger partial charge in [-0.2, -0.15) is 0 Å². The summed E-state index contributed by atoms with van der Waals surface area (Å²) < 4.78 is 0. The summed E-state index contributed by atoms with van der Waals surface area (Å²) in [7, 11) is 0. The fourth-order valence-corrected chi connectivity index (χ4v) is 1.90. The molecule has 0 fully saturated rings. The number of carbonyl (C=O) groups is 1. The highest BCUT2D eigenvalue weighted by atomic mass is 16.4. The summed E-state index contributed by atoms with van der Waals surface area (Å²) in [6.45, 7) is 6.36. The highest BCUT2D eigenvalue weighted by Gasteiger charge is 2.19. The first-order chi connectivity index (χ1) is 7.95. The van der Waals surface area contributed by atoms with E-state index in [1.807, 2.05) is 32.9 Å². The number of phenolic OH excluding ortho intramolecular Hbond substituents is 1. The van der Waals surface area contributed by atoms with Crippen LogP contribution in [0.3, 0.4) is 0 Å². The van der Waals surface area contributed by atoms with E-state index in [2.05, 4.69) is 0 Å². The lowest BCUT2D eigenvalue weighted by Crippen LogP contribution is -2.32. The van der Waals surface area contributed by atoms with Crippen molar-refractivity contribution < 1.29 is 15.0 Å². The molecule has 1 atom stereocenters. The molecule has 0 aliphatic rings. The van der Waals surface area contributed by atoms with E-state index in [0.717, 1.165) is 11.1 Å². The van der Waals surface area contributed by atoms with Crippen LogP contribution in [0.25, 0.3) is 0 Å². The number of benzene rings is 1. The number of rotatable bonds is 5. The first-order valence-corrected chi connectivity index (χ1v) is 5.71. The summed E-state index contributed by atoms with van der Waals surface area (Å²) in [6, 6.07) is 5.26. The zero-order valence-electron chi connectivity index (χ0n) is 10.5. The van der Waals surface area contributed by atoms with E-state index in [9.17, 15) is 9.90 Å². The maximum Gasteiger partial charge on any atom is 0.317 e. The van der Waals surface area contributed by atoms with E-state index in [4.69, 9.17) is 5.11 Å². The Balaban J connectivity index is 2.96. The van der Waals surface area contributed by atoms with Gasteiger partial charge >= 0.3 is 5.97 Å². The zero-order chi connectivity index (χ0) is 13.0. The average Bonchev–Trinajstić information content (AvgIpc) is 2.28. The molecule has 0 bridgehead atoms. The number of carboxylic acids is 1. The van der Waals surface area contributed by atoms with E-state index >= 15 is 0 Å². The first kappa shape index (κ1) is 13.5. The molecule has 4 nitrogen and oxygen atoms in total. The second-order valence-electron chi connectivity index (χ2n) is 4.20. The first-order valence-electron chi connectivity index (χ1n) is 5.71. The quantitative estimate of drug-likeness (QED) is 0.824. The SMILES string of the molecule is CCN(CC(=O)O)C(C)c1cc(C)ccc1O. The molecule has 1 unspecified atom stereocenters. The van der Waals surface area contributed by atoms with Gasteiger partial charge in [0.1, 0.15) is 5.75 Å². The van der Waals surface area contributed by atoms with Crippen molar-refractivity contribution >= 4 is 5.97 Å². The molecule has 0 amide bonds. The highest BCUT2D eigenvalue weighted by Crippen LogP contribution is 2.28. The highest BCUT2D eigenvalue weighted by molar-refractivity contribution is 5.69. The van der Waals surface area contributed by atoms with E-state index in [-0.39, 0.29) is 18.3 Å². The molecule has 94 valence electrons. The summed E-state index contributed by atoms with van der Waals surface area (Å²) in [4.78, 5) is 12.6. The van der Waals surface area contributed by atoms with Gasteiger partial charge in [-0.15, -0.1) is 0 Å². The van der Waals surface area contributed by atoms with Gasteiger partial charge in [0.15, 0.2) is 0 Å². The molecule has 1 aromatic rings. The topological polar surface area (TPSA) is 60.8 Å². The van der Waals surface area contributed by atoms with Gasteiger partial charge in [-0.3, -0.25) is 9.69 Å². The second kappa shape index (κ2) is 5.68. The normalized spacial score (nSPS) is 12.7. The van der Waals surface area contributed by atoms with Crippen molar-refractivity contribution in [3.63, 3.8) is 0 Å². The third-order valence-corrected chi connectivity index (χ3v) is 2.93. The number of aryl methyl sites for hydroxylation is 1. The van der Waals surface area contributed by atoms with Crippen molar-refractivity contribution in [1.82, 2.24) is 4.90 Å². The minimum absolute atomic E-state index is 0.0228. The Bertz CT molecular complexity index is 404. The molecular formula is C13H19NO3. The fourth-order valence-electron chi connectivity index (χ4n) is 1.90. The van der Waals surface area contributed by atoms with Crippen LogP contribution in [-0.4, -0.2) is 34.2 Å². The molecule has 17 heavy (non-hydrogen) atoms. The van der Waals surface area contributed by atoms with Crippen molar-refractivity contribution in [2.75, 3.05) is 13.1 Å². The van der Waals surface area contributed by atoms with Crippen LogP contribution in [0.2, 0.25) is 0 Å². The smallest absolute Gasteiger partial charge is 0.317 e. The molecule has 0 heterocycles. The van der Waals surface area contributed by atoms with Gasteiger partial charge in [0, 0.05) is 11.6 Å². The molecule has 0 aliphatic carbocycles. The number of likely N-dealkylation sites (N-methyl/N-ethyl adjacent to an activating group) is 1. The van der Waals surface area contributed by atoms with Gasteiger partial charge in [-0.1, -0.05) is 24.6 Å². The predicted octanol–water partition coefficient (Wildman–Crippen LogP) is 2.17. The Morgan fingerprint density at radius 2 is 2.12 bits per heavy atom. The Kier molecular flexibility index (Phi) is 4.52. The van der Waals surface area contributed by atoms with E-state index < -0.39 is 5.97 Å². The maximum atomic E-state index is 10.8. The number of aliphatic carboxylic acids is 1. The zero-order valence-corrected chi connectivity index (χ0v) is 10.5. The Labute approximate surface area is 101 Å². The number of hydrogen-bond donors (Lipinski definition) is 2. The summed E-state index contributed by atoms with van der Waals surface area (Å²) in [5, 5.41) is 18.6. The lowest BCUT2D eigenvalue weighted by Gasteiger charge is -2.27. The van der Waals surface area contributed by atoms with E-state index in [1.54, 1.807) is 11.0 Å². The monoisotopic (exact) mass is 237 g/mol. The van der Waals surface area contributed by atoms with E-state index in [1.165, 1.54) is 0 Å². The summed E-state index contributed by atoms with van der Waals surface area (Å²) in [5.41, 5.74) is 1.82. The number of aromatic hydroxyl groups is 1. The van der Waals surface area contributed by atoms with E-state index in [0.29, 0.717) is 6.54 Å². The number of phenols is 1. The Morgan fingerprint density at radius 1 is 1.47 bits per heavy atom. The molecular weight excluding hydrogens is 218 g/mol. The van der Waals surface area contributed by atoms with Crippen LogP contribution >= 0.6 is 0 Å². The summed E-state index contributed by atoms with van der Waals surface area (Å²) in [5.74, 6) is -0.641. The molecule has 1 aromatic carbocycles. The number of carboxylic acid groups (broad SMARTS) is 1. The molecule has 0 aromatic heterocycles. The van der Waals surface area contributed by atoms with Gasteiger partial charge in [0.2, 0.25) is 0 Å². The van der Waals surface area contributed by atoms with Crippen molar-refractivity contribution in [2.24, 2.45) is 0 Å². The molecule has 0 saturated carbocycles. The lowest BCUT2D eigenvalue weighted by molar-refractivity contribution is -0.138. The second-order valence-corrected chi connectivity index (χ2v) is 4.20. The van der Waals surface area contributed by atoms with Crippen LogP contribution in [0.1, 0.15) is 31.0 Å². The average molecular weight is 237 g/mol. The van der Waals surface area contributed by atoms with Gasteiger partial charge < -0.3 is 10.2 Å². The van der Waals surface area contributed by atoms with Gasteiger partial charge in [-0.25, -0.2) is 0 Å². The summed E-state index contributed by atoms with van der Waals surface area (Å²) >= 11 is 0. The van der Waals surface area contributed by atoms with Crippen LogP contribution < -0.4 is 0 Å². The molecule has 2 N–H and O–H groups in total. The van der Waals surface area contributed by atoms with Crippen LogP contribution in [-0.2, 0) is 4.79 Å². The predicted molar refractivity (Wildman–Crippen MR) is 66.1 cm³/mol. The minimum Gasteiger partial charge on any atom is -0.508 e. The number of hydrogen-bond acceptors (Lipinski definition) is 3. The third-order valence-electron chi connectivity index (χ3n) is 2.93. The lowest BCUT2D eigenvalue weighted by atomic mass is 10.0. The van der Waals surface area contributed by atoms with Crippen LogP contribution in [0.15, 0.2) is 18.2 Å². The standard InChI is InChI=1S/C13H19NO3/c1-4-14(8-13(16)17)10(3)11-7-9(2)5-6-12(11)15/h5-7,10,15H,4,8H2,1-3H3,(H,16,17). The van der Waals surface area contributed by atoms with Gasteiger partial charge in [-0.05, 0) is 26.5 Å². The third kappa shape index (κ3) is 3.46. The molecule has 4 heteroatoms. The van der Waals surface area contributed by atoms with Gasteiger partial charge in [0.05, 0.1) is 6.54 Å². The van der Waals surface area contributed by atoms with Crippen molar-refractivity contribution in [3.05, 3.63) is 29.3 Å². The summed E-state index contributed by atoms with van der Waals surface area (Å²) in [6.07, 6.45) is 0. The Hall–Kier alpha value is -1.55. The van der Waals surface area contributed by atoms with Crippen LogP contribution in [0.4, 0.5) is 0 Å². The maximum absolute atomic E-state index is 10.8. The van der Waals surface area contributed by atoms with Crippen molar-refractivity contribution in [3.8, 4) is 5.75 Å². The molecule has 0 spiro atoms. The van der Waals surface area contributed by atoms with Crippen molar-refractivity contribution in [2.45, 2.75) is 26.8 Å². The van der Waals surface area contributed by atoms with Gasteiger partial charge in [0.25, 0.3) is 0 Å². The Morgan fingerprint density at radius 3 is 2.65 bits per heavy atom. The largest absolute Gasteiger partial charge is 0.508 e. The molecule has 0 radical (unpaired) electrons. The number of nitrogens with zero attached hydrogens (tertiary/aromatic N) is 1. The molecule has 0 aliphatic heterocycles. The van der Waals surface area contributed by atoms with Crippen LogP contribution in [0, 0.1) is 6.92 Å².